The normalized spacial score (nSPS) is 27.8. The fourth-order valence-electron chi connectivity index (χ4n) is 2.48. The van der Waals surface area contributed by atoms with Crippen LogP contribution >= 0.6 is 0 Å². The van der Waals surface area contributed by atoms with Crippen molar-refractivity contribution in [2.45, 2.75) is 44.0 Å². The number of primary sulfonamides is 1. The second-order valence-electron chi connectivity index (χ2n) is 5.56. The highest BCUT2D eigenvalue weighted by Crippen LogP contribution is 2.27. The van der Waals surface area contributed by atoms with Crippen LogP contribution in [-0.4, -0.2) is 36.3 Å². The van der Waals surface area contributed by atoms with E-state index < -0.39 is 26.8 Å². The Labute approximate surface area is 119 Å². The molecule has 0 aromatic carbocycles. The van der Waals surface area contributed by atoms with Crippen LogP contribution in [0.5, 0.6) is 0 Å². The molecule has 0 amide bonds. The van der Waals surface area contributed by atoms with Gasteiger partial charge in [0.1, 0.15) is 0 Å². The largest absolute Gasteiger partial charge is 0.480 e. The van der Waals surface area contributed by atoms with Crippen LogP contribution in [0.2, 0.25) is 0 Å². The third kappa shape index (κ3) is 3.28. The highest BCUT2D eigenvalue weighted by molar-refractivity contribution is 7.91. The fraction of sp³-hybridized carbons (Fsp3) is 0.615. The molecule has 20 heavy (non-hydrogen) atoms. The summed E-state index contributed by atoms with van der Waals surface area (Å²) in [7, 11) is -4.31. The minimum Gasteiger partial charge on any atom is -0.480 e. The predicted molar refractivity (Wildman–Crippen MR) is 77.6 cm³/mol. The molecule has 0 saturated carbocycles. The van der Waals surface area contributed by atoms with Gasteiger partial charge in [0, 0.05) is 6.04 Å². The monoisotopic (exact) mass is 302 g/mol. The first-order valence-electron chi connectivity index (χ1n) is 6.49. The molecule has 0 fully saturated rings. The Morgan fingerprint density at radius 2 is 2.00 bits per heavy atom. The molecule has 0 aliphatic heterocycles. The predicted octanol–water partition coefficient (Wildman–Crippen LogP) is 0.617. The number of carboxylic acids is 1. The Kier molecular flexibility index (Phi) is 5.12. The number of allylic oxidation sites excluding steroid dienone is 2. The quantitative estimate of drug-likeness (QED) is 0.666. The number of hydrogen-bond donors (Lipinski definition) is 3. The lowest BCUT2D eigenvalue weighted by Crippen LogP contribution is -2.62. The standard InChI is InChI=1S/C13H22N2O4S/c1-9(2)8-10(3)15-11-6-4-5-7-13(11,12(16)17)20(14,18)19/h4-7,9-11,15H,8H2,1-3H3,(H,16,17)(H2,14,18,19). The Bertz CT molecular complexity index is 524. The first-order valence-corrected chi connectivity index (χ1v) is 8.03. The molecule has 0 heterocycles. The average Bonchev–Trinajstić information content (AvgIpc) is 2.26. The van der Waals surface area contributed by atoms with Crippen molar-refractivity contribution in [1.82, 2.24) is 5.32 Å². The van der Waals surface area contributed by atoms with Gasteiger partial charge in [0.15, 0.2) is 0 Å². The Morgan fingerprint density at radius 3 is 2.45 bits per heavy atom. The number of nitrogens with two attached hydrogens (primary N) is 1. The summed E-state index contributed by atoms with van der Waals surface area (Å²) in [6.45, 7) is 5.97. The van der Waals surface area contributed by atoms with E-state index in [1.54, 1.807) is 6.08 Å². The molecule has 0 radical (unpaired) electrons. The minimum absolute atomic E-state index is 0.0309. The van der Waals surface area contributed by atoms with Crippen molar-refractivity contribution in [3.8, 4) is 0 Å². The lowest BCUT2D eigenvalue weighted by molar-refractivity contribution is -0.139. The summed E-state index contributed by atoms with van der Waals surface area (Å²) in [6.07, 6.45) is 6.46. The van der Waals surface area contributed by atoms with Gasteiger partial charge in [-0.25, -0.2) is 13.6 Å². The van der Waals surface area contributed by atoms with Gasteiger partial charge >= 0.3 is 5.97 Å². The number of hydrogen-bond acceptors (Lipinski definition) is 4. The van der Waals surface area contributed by atoms with Gasteiger partial charge in [-0.05, 0) is 25.3 Å². The van der Waals surface area contributed by atoms with Crippen LogP contribution in [0.15, 0.2) is 24.3 Å². The maximum absolute atomic E-state index is 11.8. The summed E-state index contributed by atoms with van der Waals surface area (Å²) in [5.41, 5.74) is 0. The van der Waals surface area contributed by atoms with Crippen molar-refractivity contribution in [3.05, 3.63) is 24.3 Å². The van der Waals surface area contributed by atoms with Gasteiger partial charge in [0.2, 0.25) is 14.8 Å². The molecule has 0 bridgehead atoms. The molecular formula is C13H22N2O4S. The first-order chi connectivity index (χ1) is 9.11. The molecule has 1 rings (SSSR count). The molecule has 4 N–H and O–H groups in total. The second kappa shape index (κ2) is 6.07. The van der Waals surface area contributed by atoms with Gasteiger partial charge < -0.3 is 10.4 Å². The van der Waals surface area contributed by atoms with Crippen LogP contribution in [0.4, 0.5) is 0 Å². The van der Waals surface area contributed by atoms with Gasteiger partial charge in [0.25, 0.3) is 0 Å². The fourth-order valence-corrected chi connectivity index (χ4v) is 3.49. The van der Waals surface area contributed by atoms with Crippen LogP contribution in [0.1, 0.15) is 27.2 Å². The minimum atomic E-state index is -4.31. The van der Waals surface area contributed by atoms with E-state index in [-0.39, 0.29) is 6.04 Å². The average molecular weight is 302 g/mol. The third-order valence-corrected chi connectivity index (χ3v) is 4.82. The second-order valence-corrected chi connectivity index (χ2v) is 7.33. The van der Waals surface area contributed by atoms with Crippen LogP contribution in [0.25, 0.3) is 0 Å². The molecule has 3 unspecified atom stereocenters. The van der Waals surface area contributed by atoms with E-state index >= 15 is 0 Å². The van der Waals surface area contributed by atoms with Crippen molar-refractivity contribution in [1.29, 1.82) is 0 Å². The number of rotatable bonds is 6. The van der Waals surface area contributed by atoms with Gasteiger partial charge in [-0.2, -0.15) is 0 Å². The summed E-state index contributed by atoms with van der Waals surface area (Å²) in [5, 5.41) is 17.6. The highest BCUT2D eigenvalue weighted by Gasteiger charge is 2.53. The Hall–Kier alpha value is -1.18. The molecule has 0 aromatic rings. The van der Waals surface area contributed by atoms with Crippen molar-refractivity contribution in [3.63, 3.8) is 0 Å². The molecule has 3 atom stereocenters. The number of carbonyl (C=O) groups is 1. The third-order valence-electron chi connectivity index (χ3n) is 3.31. The van der Waals surface area contributed by atoms with Crippen molar-refractivity contribution < 1.29 is 18.3 Å². The lowest BCUT2D eigenvalue weighted by atomic mass is 9.92. The van der Waals surface area contributed by atoms with Crippen molar-refractivity contribution in [2.24, 2.45) is 11.1 Å². The smallest absolute Gasteiger partial charge is 0.332 e. The molecule has 1 aliphatic carbocycles. The topological polar surface area (TPSA) is 109 Å². The van der Waals surface area contributed by atoms with Crippen molar-refractivity contribution >= 4 is 16.0 Å². The van der Waals surface area contributed by atoms with E-state index in [1.165, 1.54) is 12.2 Å². The van der Waals surface area contributed by atoms with E-state index in [1.807, 2.05) is 20.8 Å². The van der Waals surface area contributed by atoms with E-state index in [9.17, 15) is 18.3 Å². The zero-order chi connectivity index (χ0) is 15.6. The zero-order valence-electron chi connectivity index (χ0n) is 11.9. The molecule has 0 saturated heterocycles. The Morgan fingerprint density at radius 1 is 1.40 bits per heavy atom. The van der Waals surface area contributed by atoms with Gasteiger partial charge in [-0.15, -0.1) is 0 Å². The number of aliphatic carboxylic acids is 1. The SMILES string of the molecule is CC(C)CC(C)NC1C=CC=CC1(C(=O)O)S(N)(=O)=O. The van der Waals surface area contributed by atoms with Gasteiger partial charge in [-0.3, -0.25) is 4.79 Å². The lowest BCUT2D eigenvalue weighted by Gasteiger charge is -2.35. The molecular weight excluding hydrogens is 280 g/mol. The summed E-state index contributed by atoms with van der Waals surface area (Å²) in [4.78, 5) is 11.6. The molecule has 0 aromatic heterocycles. The van der Waals surface area contributed by atoms with Crippen LogP contribution in [0.3, 0.4) is 0 Å². The van der Waals surface area contributed by atoms with Crippen LogP contribution < -0.4 is 10.5 Å². The molecule has 6 nitrogen and oxygen atoms in total. The maximum Gasteiger partial charge on any atom is 0.332 e. The number of carboxylic acid groups (broad SMARTS) is 1. The molecule has 114 valence electrons. The van der Waals surface area contributed by atoms with Gasteiger partial charge in [-0.1, -0.05) is 32.1 Å². The van der Waals surface area contributed by atoms with Gasteiger partial charge in [0.05, 0.1) is 6.04 Å². The maximum atomic E-state index is 11.8. The van der Waals surface area contributed by atoms with E-state index in [0.717, 1.165) is 12.5 Å². The van der Waals surface area contributed by atoms with E-state index in [2.05, 4.69) is 5.32 Å². The molecule has 0 spiro atoms. The van der Waals surface area contributed by atoms with Crippen LogP contribution in [0, 0.1) is 5.92 Å². The van der Waals surface area contributed by atoms with E-state index in [4.69, 9.17) is 5.14 Å². The number of sulfonamides is 1. The number of nitrogens with one attached hydrogen (secondary N) is 1. The summed E-state index contributed by atoms with van der Waals surface area (Å²) >= 11 is 0. The van der Waals surface area contributed by atoms with Crippen molar-refractivity contribution in [2.75, 3.05) is 0 Å². The van der Waals surface area contributed by atoms with E-state index in [0.29, 0.717) is 5.92 Å². The first kappa shape index (κ1) is 16.9. The summed E-state index contributed by atoms with van der Waals surface area (Å²) < 4.78 is 21.5. The van der Waals surface area contributed by atoms with Crippen LogP contribution in [-0.2, 0) is 14.8 Å². The highest BCUT2D eigenvalue weighted by atomic mass is 32.2. The molecule has 7 heteroatoms. The zero-order valence-corrected chi connectivity index (χ0v) is 12.7. The summed E-state index contributed by atoms with van der Waals surface area (Å²) in [6, 6.07) is -0.926. The molecule has 1 aliphatic rings. The Balaban J connectivity index is 3.12. The summed E-state index contributed by atoms with van der Waals surface area (Å²) in [5.74, 6) is -1.07.